The Morgan fingerprint density at radius 1 is 1.60 bits per heavy atom. The summed E-state index contributed by atoms with van der Waals surface area (Å²) in [6.07, 6.45) is 0.986. The van der Waals surface area contributed by atoms with E-state index in [2.05, 4.69) is 11.9 Å². The molecule has 1 aromatic carbocycles. The third-order valence-electron chi connectivity index (χ3n) is 2.78. The molecular formula is C11H15FN2S. The SMILES string of the molecule is CN1c2ccc(F)cc2SCC1CCN. The molecule has 1 atom stereocenters. The van der Waals surface area contributed by atoms with Gasteiger partial charge in [-0.05, 0) is 31.2 Å². The predicted octanol–water partition coefficient (Wildman–Crippen LogP) is 2.08. The van der Waals surface area contributed by atoms with Crippen LogP contribution in [0.15, 0.2) is 23.1 Å². The number of nitrogens with two attached hydrogens (primary N) is 1. The Hall–Kier alpha value is -0.740. The summed E-state index contributed by atoms with van der Waals surface area (Å²) >= 11 is 1.72. The van der Waals surface area contributed by atoms with Crippen molar-refractivity contribution in [3.8, 4) is 0 Å². The van der Waals surface area contributed by atoms with Gasteiger partial charge in [-0.1, -0.05) is 0 Å². The van der Waals surface area contributed by atoms with Crippen LogP contribution in [0.4, 0.5) is 10.1 Å². The largest absolute Gasteiger partial charge is 0.370 e. The summed E-state index contributed by atoms with van der Waals surface area (Å²) in [4.78, 5) is 3.24. The van der Waals surface area contributed by atoms with Crippen molar-refractivity contribution in [2.75, 3.05) is 24.2 Å². The average Bonchev–Trinajstić information content (AvgIpc) is 2.22. The van der Waals surface area contributed by atoms with Gasteiger partial charge in [-0.15, -0.1) is 11.8 Å². The molecule has 4 heteroatoms. The fraction of sp³-hybridized carbons (Fsp3) is 0.455. The van der Waals surface area contributed by atoms with Crippen LogP contribution in [0.5, 0.6) is 0 Å². The lowest BCUT2D eigenvalue weighted by molar-refractivity contribution is 0.613. The molecule has 15 heavy (non-hydrogen) atoms. The third kappa shape index (κ3) is 2.11. The van der Waals surface area contributed by atoms with Gasteiger partial charge in [0.1, 0.15) is 5.82 Å². The van der Waals surface area contributed by atoms with E-state index in [-0.39, 0.29) is 5.82 Å². The van der Waals surface area contributed by atoms with Gasteiger partial charge in [0, 0.05) is 23.7 Å². The normalized spacial score (nSPS) is 20.2. The van der Waals surface area contributed by atoms with Crippen molar-refractivity contribution in [2.45, 2.75) is 17.4 Å². The van der Waals surface area contributed by atoms with Crippen molar-refractivity contribution in [1.29, 1.82) is 0 Å². The van der Waals surface area contributed by atoms with Gasteiger partial charge in [-0.25, -0.2) is 4.39 Å². The van der Waals surface area contributed by atoms with E-state index in [1.54, 1.807) is 17.8 Å². The molecule has 0 aromatic heterocycles. The van der Waals surface area contributed by atoms with Gasteiger partial charge >= 0.3 is 0 Å². The quantitative estimate of drug-likeness (QED) is 0.837. The number of hydrogen-bond acceptors (Lipinski definition) is 3. The Morgan fingerprint density at radius 2 is 2.40 bits per heavy atom. The highest BCUT2D eigenvalue weighted by atomic mass is 32.2. The number of halogens is 1. The summed E-state index contributed by atoms with van der Waals surface area (Å²) in [7, 11) is 2.05. The number of thioether (sulfide) groups is 1. The van der Waals surface area contributed by atoms with E-state index < -0.39 is 0 Å². The summed E-state index contributed by atoms with van der Waals surface area (Å²) in [5.41, 5.74) is 6.69. The summed E-state index contributed by atoms with van der Waals surface area (Å²) in [5.74, 6) is 0.830. The fourth-order valence-electron chi connectivity index (χ4n) is 1.86. The van der Waals surface area contributed by atoms with Crippen LogP contribution in [0.2, 0.25) is 0 Å². The Bertz CT molecular complexity index is 356. The number of benzene rings is 1. The molecule has 0 spiro atoms. The van der Waals surface area contributed by atoms with Crippen molar-refractivity contribution in [1.82, 2.24) is 0 Å². The Morgan fingerprint density at radius 3 is 3.13 bits per heavy atom. The number of rotatable bonds is 2. The van der Waals surface area contributed by atoms with E-state index in [1.807, 2.05) is 6.07 Å². The monoisotopic (exact) mass is 226 g/mol. The maximum absolute atomic E-state index is 13.0. The van der Waals surface area contributed by atoms with Gasteiger partial charge in [0.2, 0.25) is 0 Å². The standard InChI is InChI=1S/C11H15FN2S/c1-14-9(4-5-13)7-15-11-6-8(12)2-3-10(11)14/h2-3,6,9H,4-5,7,13H2,1H3. The first kappa shape index (κ1) is 10.8. The number of hydrogen-bond donors (Lipinski definition) is 1. The first-order valence-electron chi connectivity index (χ1n) is 5.07. The van der Waals surface area contributed by atoms with Crippen LogP contribution in [0.25, 0.3) is 0 Å². The van der Waals surface area contributed by atoms with Crippen molar-refractivity contribution in [3.63, 3.8) is 0 Å². The molecule has 1 aliphatic heterocycles. The molecule has 2 nitrogen and oxygen atoms in total. The second-order valence-corrected chi connectivity index (χ2v) is 4.83. The van der Waals surface area contributed by atoms with Crippen LogP contribution < -0.4 is 10.6 Å². The van der Waals surface area contributed by atoms with Crippen molar-refractivity contribution in [3.05, 3.63) is 24.0 Å². The minimum Gasteiger partial charge on any atom is -0.370 e. The predicted molar refractivity (Wildman–Crippen MR) is 63.0 cm³/mol. The highest BCUT2D eigenvalue weighted by Crippen LogP contribution is 2.37. The molecule has 2 rings (SSSR count). The smallest absolute Gasteiger partial charge is 0.124 e. The maximum Gasteiger partial charge on any atom is 0.124 e. The maximum atomic E-state index is 13.0. The molecule has 0 radical (unpaired) electrons. The minimum atomic E-state index is -0.160. The Kier molecular flexibility index (Phi) is 3.17. The molecule has 1 unspecified atom stereocenters. The molecule has 0 saturated heterocycles. The molecule has 0 saturated carbocycles. The zero-order valence-electron chi connectivity index (χ0n) is 8.74. The van der Waals surface area contributed by atoms with Gasteiger partial charge in [-0.3, -0.25) is 0 Å². The van der Waals surface area contributed by atoms with Gasteiger partial charge in [0.25, 0.3) is 0 Å². The number of fused-ring (bicyclic) bond motifs is 1. The summed E-state index contributed by atoms with van der Waals surface area (Å²) < 4.78 is 13.0. The topological polar surface area (TPSA) is 29.3 Å². The second-order valence-electron chi connectivity index (χ2n) is 3.77. The second kappa shape index (κ2) is 4.41. The van der Waals surface area contributed by atoms with E-state index in [0.29, 0.717) is 12.6 Å². The summed E-state index contributed by atoms with van der Waals surface area (Å²) in [5, 5.41) is 0. The molecule has 1 heterocycles. The molecule has 0 amide bonds. The lowest BCUT2D eigenvalue weighted by atomic mass is 10.1. The van der Waals surface area contributed by atoms with E-state index in [9.17, 15) is 4.39 Å². The first-order chi connectivity index (χ1) is 7.22. The highest BCUT2D eigenvalue weighted by molar-refractivity contribution is 7.99. The zero-order valence-corrected chi connectivity index (χ0v) is 9.56. The van der Waals surface area contributed by atoms with Crippen molar-refractivity contribution >= 4 is 17.4 Å². The van der Waals surface area contributed by atoms with Crippen LogP contribution in [-0.4, -0.2) is 25.4 Å². The lowest BCUT2D eigenvalue weighted by Gasteiger charge is -2.35. The Balaban J connectivity index is 2.26. The number of nitrogens with zero attached hydrogens (tertiary/aromatic N) is 1. The van der Waals surface area contributed by atoms with E-state index in [4.69, 9.17) is 5.73 Å². The highest BCUT2D eigenvalue weighted by Gasteiger charge is 2.23. The van der Waals surface area contributed by atoms with E-state index >= 15 is 0 Å². The van der Waals surface area contributed by atoms with Crippen LogP contribution >= 0.6 is 11.8 Å². The van der Waals surface area contributed by atoms with E-state index in [0.717, 1.165) is 22.8 Å². The van der Waals surface area contributed by atoms with Gasteiger partial charge in [-0.2, -0.15) is 0 Å². The zero-order chi connectivity index (χ0) is 10.8. The lowest BCUT2D eigenvalue weighted by Crippen LogP contribution is -2.38. The van der Waals surface area contributed by atoms with Crippen molar-refractivity contribution < 1.29 is 4.39 Å². The van der Waals surface area contributed by atoms with Crippen LogP contribution in [-0.2, 0) is 0 Å². The van der Waals surface area contributed by atoms with Crippen LogP contribution in [0.1, 0.15) is 6.42 Å². The first-order valence-corrected chi connectivity index (χ1v) is 6.06. The van der Waals surface area contributed by atoms with Gasteiger partial charge in [0.05, 0.1) is 5.69 Å². The average molecular weight is 226 g/mol. The molecule has 0 aliphatic carbocycles. The Labute approximate surface area is 93.6 Å². The summed E-state index contributed by atoms with van der Waals surface area (Å²) in [6, 6.07) is 5.44. The van der Waals surface area contributed by atoms with Gasteiger partial charge < -0.3 is 10.6 Å². The van der Waals surface area contributed by atoms with Gasteiger partial charge in [0.15, 0.2) is 0 Å². The molecule has 0 fully saturated rings. The molecule has 82 valence electrons. The summed E-state index contributed by atoms with van der Waals surface area (Å²) in [6.45, 7) is 0.700. The van der Waals surface area contributed by atoms with Crippen LogP contribution in [0.3, 0.4) is 0 Å². The molecular weight excluding hydrogens is 211 g/mol. The number of anilines is 1. The molecule has 1 aliphatic rings. The third-order valence-corrected chi connectivity index (χ3v) is 3.97. The molecule has 2 N–H and O–H groups in total. The van der Waals surface area contributed by atoms with Crippen molar-refractivity contribution in [2.24, 2.45) is 5.73 Å². The minimum absolute atomic E-state index is 0.160. The van der Waals surface area contributed by atoms with E-state index in [1.165, 1.54) is 6.07 Å². The fourth-order valence-corrected chi connectivity index (χ4v) is 3.18. The molecule has 1 aromatic rings. The van der Waals surface area contributed by atoms with Crippen LogP contribution in [0, 0.1) is 5.82 Å². The molecule has 0 bridgehead atoms.